The average molecular weight is 182 g/mol. The highest BCUT2D eigenvalue weighted by Crippen LogP contribution is 2.58. The molecule has 3 rings (SSSR count). The monoisotopic (exact) mass is 182 g/mol. The van der Waals surface area contributed by atoms with Crippen molar-refractivity contribution >= 4 is 0 Å². The summed E-state index contributed by atoms with van der Waals surface area (Å²) < 4.78 is 11.9. The van der Waals surface area contributed by atoms with Gasteiger partial charge in [-0.15, -0.1) is 0 Å². The molecule has 0 N–H and O–H groups in total. The lowest BCUT2D eigenvalue weighted by molar-refractivity contribution is -0.172. The van der Waals surface area contributed by atoms with Gasteiger partial charge in [-0.05, 0) is 44.9 Å². The Hall–Kier alpha value is -0.0800. The van der Waals surface area contributed by atoms with Gasteiger partial charge in [-0.25, -0.2) is 0 Å². The molecule has 1 saturated heterocycles. The SMILES string of the molecule is CC1(C)O[C@H]2CCC3(CCC3)[C@H]2O1. The van der Waals surface area contributed by atoms with E-state index in [9.17, 15) is 0 Å². The maximum atomic E-state index is 6.01. The minimum atomic E-state index is -0.321. The lowest BCUT2D eigenvalue weighted by Crippen LogP contribution is -2.41. The van der Waals surface area contributed by atoms with E-state index in [1.54, 1.807) is 0 Å². The van der Waals surface area contributed by atoms with E-state index in [1.807, 2.05) is 13.8 Å². The molecular formula is C11H18O2. The van der Waals surface area contributed by atoms with Gasteiger partial charge in [-0.3, -0.25) is 0 Å². The minimum absolute atomic E-state index is 0.321. The van der Waals surface area contributed by atoms with Gasteiger partial charge in [0.05, 0.1) is 12.2 Å². The van der Waals surface area contributed by atoms with Crippen molar-refractivity contribution in [2.24, 2.45) is 5.41 Å². The first-order chi connectivity index (χ1) is 6.11. The molecule has 3 aliphatic rings. The summed E-state index contributed by atoms with van der Waals surface area (Å²) in [6, 6.07) is 0. The quantitative estimate of drug-likeness (QED) is 0.573. The standard InChI is InChI=1S/C11H18O2/c1-10(2)12-8-4-7-11(5-3-6-11)9(8)13-10/h8-9H,3-7H2,1-2H3/t8-,9-/m0/s1. The van der Waals surface area contributed by atoms with E-state index >= 15 is 0 Å². The third-order valence-electron chi connectivity index (χ3n) is 4.06. The zero-order chi connectivity index (χ0) is 9.10. The molecular weight excluding hydrogens is 164 g/mol. The molecule has 2 atom stereocenters. The van der Waals surface area contributed by atoms with Crippen LogP contribution in [0.25, 0.3) is 0 Å². The van der Waals surface area contributed by atoms with Crippen LogP contribution in [0.5, 0.6) is 0 Å². The van der Waals surface area contributed by atoms with Crippen LogP contribution in [0.15, 0.2) is 0 Å². The van der Waals surface area contributed by atoms with E-state index in [0.717, 1.165) is 0 Å². The molecule has 13 heavy (non-hydrogen) atoms. The van der Waals surface area contributed by atoms with Gasteiger partial charge in [0.15, 0.2) is 5.79 Å². The Balaban J connectivity index is 1.84. The van der Waals surface area contributed by atoms with Crippen molar-refractivity contribution in [1.82, 2.24) is 0 Å². The second-order valence-electron chi connectivity index (χ2n) is 5.35. The molecule has 0 aromatic carbocycles. The summed E-state index contributed by atoms with van der Waals surface area (Å²) in [6.07, 6.45) is 7.49. The number of rotatable bonds is 0. The molecule has 74 valence electrons. The van der Waals surface area contributed by atoms with Gasteiger partial charge in [0.25, 0.3) is 0 Å². The molecule has 2 nitrogen and oxygen atoms in total. The van der Waals surface area contributed by atoms with Crippen molar-refractivity contribution < 1.29 is 9.47 Å². The lowest BCUT2D eigenvalue weighted by Gasteiger charge is -2.42. The van der Waals surface area contributed by atoms with Crippen molar-refractivity contribution in [2.75, 3.05) is 0 Å². The third-order valence-corrected chi connectivity index (χ3v) is 4.06. The highest BCUT2D eigenvalue weighted by molar-refractivity contribution is 5.06. The van der Waals surface area contributed by atoms with E-state index in [4.69, 9.17) is 9.47 Å². The predicted octanol–water partition coefficient (Wildman–Crippen LogP) is 2.47. The molecule has 3 fully saturated rings. The maximum Gasteiger partial charge on any atom is 0.163 e. The summed E-state index contributed by atoms with van der Waals surface area (Å²) in [4.78, 5) is 0. The summed E-state index contributed by atoms with van der Waals surface area (Å²) in [5, 5.41) is 0. The van der Waals surface area contributed by atoms with Gasteiger partial charge in [-0.2, -0.15) is 0 Å². The first-order valence-corrected chi connectivity index (χ1v) is 5.47. The summed E-state index contributed by atoms with van der Waals surface area (Å²) in [5.74, 6) is -0.321. The molecule has 0 aromatic heterocycles. The van der Waals surface area contributed by atoms with Crippen LogP contribution in [0, 0.1) is 5.41 Å². The molecule has 0 unspecified atom stereocenters. The van der Waals surface area contributed by atoms with Crippen molar-refractivity contribution in [1.29, 1.82) is 0 Å². The Kier molecular flexibility index (Phi) is 1.45. The highest BCUT2D eigenvalue weighted by Gasteiger charge is 2.58. The second-order valence-corrected chi connectivity index (χ2v) is 5.35. The molecule has 1 heterocycles. The second kappa shape index (κ2) is 2.29. The molecule has 0 radical (unpaired) electrons. The van der Waals surface area contributed by atoms with E-state index in [1.165, 1.54) is 32.1 Å². The summed E-state index contributed by atoms with van der Waals surface area (Å²) in [6.45, 7) is 4.08. The smallest absolute Gasteiger partial charge is 0.163 e. The Morgan fingerprint density at radius 1 is 1.08 bits per heavy atom. The molecule has 0 amide bonds. The van der Waals surface area contributed by atoms with Crippen LogP contribution in [-0.4, -0.2) is 18.0 Å². The van der Waals surface area contributed by atoms with Gasteiger partial charge in [0.2, 0.25) is 0 Å². The largest absolute Gasteiger partial charge is 0.345 e. The highest BCUT2D eigenvalue weighted by atomic mass is 16.8. The number of hydrogen-bond acceptors (Lipinski definition) is 2. The van der Waals surface area contributed by atoms with E-state index in [-0.39, 0.29) is 5.79 Å². The molecule has 2 saturated carbocycles. The number of ether oxygens (including phenoxy) is 2. The number of fused-ring (bicyclic) bond motifs is 2. The van der Waals surface area contributed by atoms with Crippen molar-refractivity contribution in [3.63, 3.8) is 0 Å². The van der Waals surface area contributed by atoms with Crippen LogP contribution >= 0.6 is 0 Å². The fraction of sp³-hybridized carbons (Fsp3) is 1.00. The Bertz CT molecular complexity index is 230. The van der Waals surface area contributed by atoms with Crippen LogP contribution in [0.4, 0.5) is 0 Å². The molecule has 1 spiro atoms. The van der Waals surface area contributed by atoms with E-state index in [2.05, 4.69) is 0 Å². The zero-order valence-corrected chi connectivity index (χ0v) is 8.51. The van der Waals surface area contributed by atoms with Crippen molar-refractivity contribution in [3.05, 3.63) is 0 Å². The summed E-state index contributed by atoms with van der Waals surface area (Å²) in [5.41, 5.74) is 0.526. The van der Waals surface area contributed by atoms with Gasteiger partial charge < -0.3 is 9.47 Å². The normalized spacial score (nSPS) is 44.8. The van der Waals surface area contributed by atoms with E-state index < -0.39 is 0 Å². The molecule has 0 aromatic rings. The fourth-order valence-electron chi connectivity index (χ4n) is 3.30. The zero-order valence-electron chi connectivity index (χ0n) is 8.51. The first kappa shape index (κ1) is 8.25. The van der Waals surface area contributed by atoms with Crippen LogP contribution in [0.2, 0.25) is 0 Å². The Morgan fingerprint density at radius 2 is 1.85 bits per heavy atom. The van der Waals surface area contributed by atoms with E-state index in [0.29, 0.717) is 17.6 Å². The fourth-order valence-corrected chi connectivity index (χ4v) is 3.30. The number of hydrogen-bond donors (Lipinski definition) is 0. The Morgan fingerprint density at radius 3 is 2.46 bits per heavy atom. The average Bonchev–Trinajstić information content (AvgIpc) is 2.37. The third kappa shape index (κ3) is 1.02. The van der Waals surface area contributed by atoms with Crippen LogP contribution in [-0.2, 0) is 9.47 Å². The molecule has 2 heteroatoms. The Labute approximate surface area is 79.6 Å². The van der Waals surface area contributed by atoms with Crippen LogP contribution in [0.3, 0.4) is 0 Å². The van der Waals surface area contributed by atoms with Crippen LogP contribution in [0.1, 0.15) is 46.0 Å². The first-order valence-electron chi connectivity index (χ1n) is 5.47. The van der Waals surface area contributed by atoms with Crippen molar-refractivity contribution in [3.8, 4) is 0 Å². The molecule has 0 bridgehead atoms. The molecule has 1 aliphatic heterocycles. The van der Waals surface area contributed by atoms with Gasteiger partial charge >= 0.3 is 0 Å². The van der Waals surface area contributed by atoms with Gasteiger partial charge in [0.1, 0.15) is 0 Å². The summed E-state index contributed by atoms with van der Waals surface area (Å²) >= 11 is 0. The molecule has 2 aliphatic carbocycles. The lowest BCUT2D eigenvalue weighted by atomic mass is 9.66. The van der Waals surface area contributed by atoms with Gasteiger partial charge in [0, 0.05) is 0 Å². The topological polar surface area (TPSA) is 18.5 Å². The van der Waals surface area contributed by atoms with Gasteiger partial charge in [-0.1, -0.05) is 6.42 Å². The minimum Gasteiger partial charge on any atom is -0.345 e. The summed E-state index contributed by atoms with van der Waals surface area (Å²) in [7, 11) is 0. The maximum absolute atomic E-state index is 6.01. The van der Waals surface area contributed by atoms with Crippen molar-refractivity contribution in [2.45, 2.75) is 63.9 Å². The predicted molar refractivity (Wildman–Crippen MR) is 49.3 cm³/mol. The van der Waals surface area contributed by atoms with Crippen LogP contribution < -0.4 is 0 Å².